The lowest BCUT2D eigenvalue weighted by atomic mass is 10.00. The summed E-state index contributed by atoms with van der Waals surface area (Å²) in [6, 6.07) is 9.52. The molecule has 2 heterocycles. The van der Waals surface area contributed by atoms with Gasteiger partial charge < -0.3 is 4.98 Å². The fourth-order valence-corrected chi connectivity index (χ4v) is 2.53. The van der Waals surface area contributed by atoms with Crippen molar-refractivity contribution in [3.63, 3.8) is 0 Å². The van der Waals surface area contributed by atoms with Gasteiger partial charge in [-0.05, 0) is 36.2 Å². The zero-order valence-electron chi connectivity index (χ0n) is 13.0. The van der Waals surface area contributed by atoms with Gasteiger partial charge >= 0.3 is 0 Å². The molecule has 120 valence electrons. The number of H-pyrrole nitrogens is 1. The summed E-state index contributed by atoms with van der Waals surface area (Å²) in [7, 11) is 0. The number of carbonyl (C=O) groups excluding carboxylic acids is 2. The Hall–Kier alpha value is -3.08. The first kappa shape index (κ1) is 15.8. The minimum Gasteiger partial charge on any atom is -0.358 e. The summed E-state index contributed by atoms with van der Waals surface area (Å²) in [5.41, 5.74) is 1.95. The van der Waals surface area contributed by atoms with Crippen molar-refractivity contribution in [2.24, 2.45) is 0 Å². The molecule has 24 heavy (non-hydrogen) atoms. The van der Waals surface area contributed by atoms with Crippen LogP contribution in [-0.4, -0.2) is 21.5 Å². The number of pyridine rings is 1. The lowest BCUT2D eigenvalue weighted by Gasteiger charge is -2.04. The normalized spacial score (nSPS) is 10.6. The third kappa shape index (κ3) is 3.15. The zero-order valence-corrected chi connectivity index (χ0v) is 13.0. The Labute approximate surface area is 138 Å². The van der Waals surface area contributed by atoms with E-state index in [2.05, 4.69) is 9.97 Å². The van der Waals surface area contributed by atoms with Gasteiger partial charge in [-0.25, -0.2) is 4.39 Å². The van der Waals surface area contributed by atoms with Crippen LogP contribution < -0.4 is 0 Å². The maximum Gasteiger partial charge on any atom is 0.197 e. The first-order chi connectivity index (χ1) is 11.6. The van der Waals surface area contributed by atoms with Crippen LogP contribution in [-0.2, 0) is 6.42 Å². The highest BCUT2D eigenvalue weighted by molar-refractivity contribution is 6.11. The van der Waals surface area contributed by atoms with Crippen molar-refractivity contribution in [2.45, 2.75) is 13.3 Å². The number of nitrogens with one attached hydrogen (secondary N) is 1. The SMILES string of the molecule is Cc1cccc(F)c1C(=O)c1c[nH]c(C(=O)Cc2cccnc2)c1. The third-order valence-corrected chi connectivity index (χ3v) is 3.78. The summed E-state index contributed by atoms with van der Waals surface area (Å²) < 4.78 is 13.9. The van der Waals surface area contributed by atoms with Gasteiger partial charge in [0.05, 0.1) is 11.3 Å². The highest BCUT2D eigenvalue weighted by atomic mass is 19.1. The van der Waals surface area contributed by atoms with Crippen LogP contribution in [0.3, 0.4) is 0 Å². The smallest absolute Gasteiger partial charge is 0.197 e. The predicted octanol–water partition coefficient (Wildman–Crippen LogP) is 3.51. The van der Waals surface area contributed by atoms with Gasteiger partial charge in [-0.15, -0.1) is 0 Å². The Morgan fingerprint density at radius 3 is 2.75 bits per heavy atom. The second-order valence-corrected chi connectivity index (χ2v) is 5.52. The molecule has 3 rings (SSSR count). The molecule has 1 aromatic carbocycles. The maximum atomic E-state index is 13.9. The standard InChI is InChI=1S/C19H15FN2O2/c1-12-4-2-6-15(20)18(12)19(24)14-9-16(22-11-14)17(23)8-13-5-3-7-21-10-13/h2-7,9-11,22H,8H2,1H3. The number of nitrogens with zero attached hydrogens (tertiary/aromatic N) is 1. The maximum absolute atomic E-state index is 13.9. The molecule has 4 nitrogen and oxygen atoms in total. The van der Waals surface area contributed by atoms with Gasteiger partial charge in [0.1, 0.15) is 5.82 Å². The third-order valence-electron chi connectivity index (χ3n) is 3.78. The molecule has 5 heteroatoms. The van der Waals surface area contributed by atoms with Gasteiger partial charge in [0.25, 0.3) is 0 Å². The highest BCUT2D eigenvalue weighted by Gasteiger charge is 2.19. The molecule has 3 aromatic rings. The average molecular weight is 322 g/mol. The lowest BCUT2D eigenvalue weighted by Crippen LogP contribution is -2.06. The zero-order chi connectivity index (χ0) is 17.1. The molecule has 2 aromatic heterocycles. The first-order valence-electron chi connectivity index (χ1n) is 7.46. The molecule has 0 unspecified atom stereocenters. The predicted molar refractivity (Wildman–Crippen MR) is 87.6 cm³/mol. The number of rotatable bonds is 5. The van der Waals surface area contributed by atoms with E-state index >= 15 is 0 Å². The van der Waals surface area contributed by atoms with Crippen molar-refractivity contribution in [2.75, 3.05) is 0 Å². The monoisotopic (exact) mass is 322 g/mol. The fourth-order valence-electron chi connectivity index (χ4n) is 2.53. The van der Waals surface area contributed by atoms with E-state index < -0.39 is 11.6 Å². The van der Waals surface area contributed by atoms with Gasteiger partial charge in [-0.2, -0.15) is 0 Å². The number of hydrogen-bond donors (Lipinski definition) is 1. The molecular weight excluding hydrogens is 307 g/mol. The van der Waals surface area contributed by atoms with Crippen molar-refractivity contribution >= 4 is 11.6 Å². The number of benzene rings is 1. The van der Waals surface area contributed by atoms with Crippen LogP contribution in [0.1, 0.15) is 37.5 Å². The molecule has 0 radical (unpaired) electrons. The van der Waals surface area contributed by atoms with E-state index in [1.807, 2.05) is 6.07 Å². The Morgan fingerprint density at radius 1 is 1.21 bits per heavy atom. The number of carbonyl (C=O) groups is 2. The molecule has 0 aliphatic rings. The fraction of sp³-hybridized carbons (Fsp3) is 0.105. The van der Waals surface area contributed by atoms with Gasteiger partial charge in [0.15, 0.2) is 11.6 Å². The number of aryl methyl sites for hydroxylation is 1. The van der Waals surface area contributed by atoms with E-state index in [1.165, 1.54) is 18.3 Å². The number of ketones is 2. The van der Waals surface area contributed by atoms with Gasteiger partial charge in [-0.1, -0.05) is 18.2 Å². The van der Waals surface area contributed by atoms with E-state index in [4.69, 9.17) is 0 Å². The molecule has 0 amide bonds. The van der Waals surface area contributed by atoms with E-state index in [9.17, 15) is 14.0 Å². The number of aromatic amines is 1. The molecular formula is C19H15FN2O2. The van der Waals surface area contributed by atoms with Crippen LogP contribution in [0.15, 0.2) is 55.0 Å². The van der Waals surface area contributed by atoms with E-state index in [1.54, 1.807) is 37.5 Å². The Morgan fingerprint density at radius 2 is 2.04 bits per heavy atom. The van der Waals surface area contributed by atoms with Crippen LogP contribution in [0.4, 0.5) is 4.39 Å². The van der Waals surface area contributed by atoms with Crippen molar-refractivity contribution < 1.29 is 14.0 Å². The molecule has 0 fully saturated rings. The molecule has 0 spiro atoms. The molecule has 0 aliphatic heterocycles. The minimum absolute atomic E-state index is 0.0303. The van der Waals surface area contributed by atoms with E-state index in [0.717, 1.165) is 5.56 Å². The summed E-state index contributed by atoms with van der Waals surface area (Å²) >= 11 is 0. The second-order valence-electron chi connectivity index (χ2n) is 5.52. The molecule has 0 aliphatic carbocycles. The van der Waals surface area contributed by atoms with Gasteiger partial charge in [0, 0.05) is 30.6 Å². The van der Waals surface area contributed by atoms with Gasteiger partial charge in [-0.3, -0.25) is 14.6 Å². The largest absolute Gasteiger partial charge is 0.358 e. The van der Waals surface area contributed by atoms with Crippen LogP contribution in [0, 0.1) is 12.7 Å². The molecule has 0 saturated carbocycles. The number of halogens is 1. The molecule has 1 N–H and O–H groups in total. The summed E-state index contributed by atoms with van der Waals surface area (Å²) in [4.78, 5) is 31.5. The topological polar surface area (TPSA) is 62.8 Å². The van der Waals surface area contributed by atoms with Crippen LogP contribution in [0.25, 0.3) is 0 Å². The summed E-state index contributed by atoms with van der Waals surface area (Å²) in [6.45, 7) is 1.68. The van der Waals surface area contributed by atoms with E-state index in [-0.39, 0.29) is 23.3 Å². The quantitative estimate of drug-likeness (QED) is 0.731. The average Bonchev–Trinajstić information content (AvgIpc) is 3.05. The Kier molecular flexibility index (Phi) is 4.33. The van der Waals surface area contributed by atoms with Crippen molar-refractivity contribution in [1.82, 2.24) is 9.97 Å². The Bertz CT molecular complexity index is 880. The number of hydrogen-bond acceptors (Lipinski definition) is 3. The second kappa shape index (κ2) is 6.58. The van der Waals surface area contributed by atoms with Gasteiger partial charge in [0.2, 0.25) is 0 Å². The molecule has 0 bridgehead atoms. The van der Waals surface area contributed by atoms with Crippen LogP contribution in [0.2, 0.25) is 0 Å². The van der Waals surface area contributed by atoms with Crippen molar-refractivity contribution in [3.05, 3.63) is 88.8 Å². The minimum atomic E-state index is -0.565. The van der Waals surface area contributed by atoms with Crippen molar-refractivity contribution in [3.8, 4) is 0 Å². The molecule has 0 saturated heterocycles. The number of Topliss-reactive ketones (excluding diaryl/α,β-unsaturated/α-hetero) is 1. The van der Waals surface area contributed by atoms with Crippen molar-refractivity contribution in [1.29, 1.82) is 0 Å². The Balaban J connectivity index is 1.83. The summed E-state index contributed by atoms with van der Waals surface area (Å²) in [6.07, 6.45) is 4.87. The highest BCUT2D eigenvalue weighted by Crippen LogP contribution is 2.18. The number of aromatic nitrogens is 2. The summed E-state index contributed by atoms with van der Waals surface area (Å²) in [5, 5.41) is 0. The van der Waals surface area contributed by atoms with Crippen LogP contribution in [0.5, 0.6) is 0 Å². The van der Waals surface area contributed by atoms with E-state index in [0.29, 0.717) is 11.3 Å². The first-order valence-corrected chi connectivity index (χ1v) is 7.46. The lowest BCUT2D eigenvalue weighted by molar-refractivity contribution is 0.0988. The summed E-state index contributed by atoms with van der Waals surface area (Å²) in [5.74, 6) is -1.17. The molecule has 0 atom stereocenters. The van der Waals surface area contributed by atoms with Crippen LogP contribution >= 0.6 is 0 Å².